The van der Waals surface area contributed by atoms with Gasteiger partial charge in [-0.25, -0.2) is 0 Å². The SMILES string of the molecule is CCn1cc(C(CC2CCOC2)NN)cn1. The Hall–Kier alpha value is -0.910. The Labute approximate surface area is 95.9 Å². The second-order valence-corrected chi connectivity index (χ2v) is 4.31. The first-order valence-electron chi connectivity index (χ1n) is 5.89. The standard InChI is InChI=1S/C11H20N4O/c1-2-15-7-10(6-13-15)11(14-12)5-9-3-4-16-8-9/h6-7,9,11,14H,2-5,8,12H2,1H3. The highest BCUT2D eigenvalue weighted by molar-refractivity contribution is 5.10. The van der Waals surface area contributed by atoms with E-state index in [9.17, 15) is 0 Å². The van der Waals surface area contributed by atoms with Crippen molar-refractivity contribution in [2.45, 2.75) is 32.4 Å². The number of aryl methyl sites for hydroxylation is 1. The van der Waals surface area contributed by atoms with Gasteiger partial charge in [0.05, 0.1) is 6.20 Å². The van der Waals surface area contributed by atoms with E-state index < -0.39 is 0 Å². The van der Waals surface area contributed by atoms with Crippen LogP contribution in [-0.4, -0.2) is 23.0 Å². The fraction of sp³-hybridized carbons (Fsp3) is 0.727. The van der Waals surface area contributed by atoms with Crippen molar-refractivity contribution in [3.63, 3.8) is 0 Å². The Kier molecular flexibility index (Phi) is 3.93. The van der Waals surface area contributed by atoms with E-state index in [-0.39, 0.29) is 6.04 Å². The van der Waals surface area contributed by atoms with E-state index in [2.05, 4.69) is 23.6 Å². The van der Waals surface area contributed by atoms with Crippen LogP contribution in [0.5, 0.6) is 0 Å². The van der Waals surface area contributed by atoms with Crippen molar-refractivity contribution in [1.29, 1.82) is 0 Å². The lowest BCUT2D eigenvalue weighted by atomic mass is 9.96. The van der Waals surface area contributed by atoms with Gasteiger partial charge in [-0.05, 0) is 25.7 Å². The molecule has 1 aromatic heterocycles. The zero-order valence-electron chi connectivity index (χ0n) is 9.72. The molecule has 5 heteroatoms. The van der Waals surface area contributed by atoms with Crippen LogP contribution in [0, 0.1) is 5.92 Å². The quantitative estimate of drug-likeness (QED) is 0.574. The molecule has 0 saturated carbocycles. The number of nitrogens with two attached hydrogens (primary N) is 1. The number of ether oxygens (including phenoxy) is 1. The number of rotatable bonds is 5. The normalized spacial score (nSPS) is 22.5. The van der Waals surface area contributed by atoms with Crippen molar-refractivity contribution in [2.24, 2.45) is 11.8 Å². The van der Waals surface area contributed by atoms with E-state index in [0.29, 0.717) is 5.92 Å². The molecule has 0 bridgehead atoms. The first kappa shape index (κ1) is 11.6. The third kappa shape index (κ3) is 2.61. The molecule has 0 aliphatic carbocycles. The monoisotopic (exact) mass is 224 g/mol. The highest BCUT2D eigenvalue weighted by atomic mass is 16.5. The fourth-order valence-electron chi connectivity index (χ4n) is 2.14. The number of hydrogen-bond donors (Lipinski definition) is 2. The topological polar surface area (TPSA) is 65.1 Å². The van der Waals surface area contributed by atoms with E-state index in [1.54, 1.807) is 0 Å². The van der Waals surface area contributed by atoms with Crippen LogP contribution in [-0.2, 0) is 11.3 Å². The van der Waals surface area contributed by atoms with Crippen LogP contribution in [0.1, 0.15) is 31.4 Å². The number of nitrogens with one attached hydrogen (secondary N) is 1. The van der Waals surface area contributed by atoms with E-state index in [0.717, 1.165) is 38.2 Å². The summed E-state index contributed by atoms with van der Waals surface area (Å²) in [4.78, 5) is 0. The molecule has 0 amide bonds. The summed E-state index contributed by atoms with van der Waals surface area (Å²) in [7, 11) is 0. The van der Waals surface area contributed by atoms with Gasteiger partial charge in [0.1, 0.15) is 0 Å². The van der Waals surface area contributed by atoms with E-state index in [1.807, 2.05) is 10.9 Å². The van der Waals surface area contributed by atoms with Crippen LogP contribution in [0.3, 0.4) is 0 Å². The maximum absolute atomic E-state index is 5.61. The van der Waals surface area contributed by atoms with Crippen molar-refractivity contribution in [1.82, 2.24) is 15.2 Å². The summed E-state index contributed by atoms with van der Waals surface area (Å²) >= 11 is 0. The molecular weight excluding hydrogens is 204 g/mol. The largest absolute Gasteiger partial charge is 0.381 e. The predicted octanol–water partition coefficient (Wildman–Crippen LogP) is 0.834. The third-order valence-electron chi connectivity index (χ3n) is 3.17. The molecule has 1 aromatic rings. The molecule has 1 aliphatic rings. The van der Waals surface area contributed by atoms with E-state index in [4.69, 9.17) is 10.6 Å². The first-order valence-corrected chi connectivity index (χ1v) is 5.89. The lowest BCUT2D eigenvalue weighted by molar-refractivity contribution is 0.181. The van der Waals surface area contributed by atoms with Crippen LogP contribution in [0.25, 0.3) is 0 Å². The molecule has 3 N–H and O–H groups in total. The van der Waals surface area contributed by atoms with Gasteiger partial charge in [-0.15, -0.1) is 0 Å². The minimum Gasteiger partial charge on any atom is -0.381 e. The molecule has 2 heterocycles. The molecule has 90 valence electrons. The minimum absolute atomic E-state index is 0.187. The molecule has 1 fully saturated rings. The smallest absolute Gasteiger partial charge is 0.0538 e. The van der Waals surface area contributed by atoms with Crippen LogP contribution in [0.2, 0.25) is 0 Å². The second kappa shape index (κ2) is 5.43. The molecule has 16 heavy (non-hydrogen) atoms. The lowest BCUT2D eigenvalue weighted by Gasteiger charge is -2.17. The highest BCUT2D eigenvalue weighted by Crippen LogP contribution is 2.25. The second-order valence-electron chi connectivity index (χ2n) is 4.31. The van der Waals surface area contributed by atoms with Gasteiger partial charge in [0.15, 0.2) is 0 Å². The molecule has 1 saturated heterocycles. The van der Waals surface area contributed by atoms with E-state index in [1.165, 1.54) is 0 Å². The van der Waals surface area contributed by atoms with Gasteiger partial charge in [0.25, 0.3) is 0 Å². The van der Waals surface area contributed by atoms with Gasteiger partial charge in [-0.2, -0.15) is 5.10 Å². The Morgan fingerprint density at radius 2 is 2.62 bits per heavy atom. The molecular formula is C11H20N4O. The number of nitrogens with zero attached hydrogens (tertiary/aromatic N) is 2. The van der Waals surface area contributed by atoms with Gasteiger partial charge in [0, 0.05) is 37.6 Å². The zero-order valence-corrected chi connectivity index (χ0v) is 9.72. The van der Waals surface area contributed by atoms with Crippen molar-refractivity contribution >= 4 is 0 Å². The summed E-state index contributed by atoms with van der Waals surface area (Å²) in [5.74, 6) is 6.22. The zero-order chi connectivity index (χ0) is 11.4. The summed E-state index contributed by atoms with van der Waals surface area (Å²) in [6.45, 7) is 4.71. The predicted molar refractivity (Wildman–Crippen MR) is 61.5 cm³/mol. The van der Waals surface area contributed by atoms with Crippen LogP contribution < -0.4 is 11.3 Å². The van der Waals surface area contributed by atoms with E-state index >= 15 is 0 Å². The van der Waals surface area contributed by atoms with Crippen LogP contribution >= 0.6 is 0 Å². The van der Waals surface area contributed by atoms with Gasteiger partial charge >= 0.3 is 0 Å². The third-order valence-corrected chi connectivity index (χ3v) is 3.17. The summed E-state index contributed by atoms with van der Waals surface area (Å²) in [5.41, 5.74) is 4.04. The van der Waals surface area contributed by atoms with Gasteiger partial charge in [-0.3, -0.25) is 16.0 Å². The van der Waals surface area contributed by atoms with Crippen molar-refractivity contribution in [2.75, 3.05) is 13.2 Å². The number of hydrogen-bond acceptors (Lipinski definition) is 4. The summed E-state index contributed by atoms with van der Waals surface area (Å²) in [6.07, 6.45) is 6.11. The van der Waals surface area contributed by atoms with Crippen molar-refractivity contribution < 1.29 is 4.74 Å². The molecule has 0 aromatic carbocycles. The maximum Gasteiger partial charge on any atom is 0.0538 e. The molecule has 2 unspecified atom stereocenters. The number of hydrazine groups is 1. The lowest BCUT2D eigenvalue weighted by Crippen LogP contribution is -2.29. The minimum atomic E-state index is 0.187. The van der Waals surface area contributed by atoms with Gasteiger partial charge in [0.2, 0.25) is 0 Å². The van der Waals surface area contributed by atoms with Gasteiger partial charge < -0.3 is 4.74 Å². The molecule has 2 atom stereocenters. The summed E-state index contributed by atoms with van der Waals surface area (Å²) < 4.78 is 7.30. The Morgan fingerprint density at radius 1 is 1.75 bits per heavy atom. The average molecular weight is 224 g/mol. The van der Waals surface area contributed by atoms with Crippen LogP contribution in [0.4, 0.5) is 0 Å². The highest BCUT2D eigenvalue weighted by Gasteiger charge is 2.21. The molecule has 2 rings (SSSR count). The average Bonchev–Trinajstić information content (AvgIpc) is 2.96. The Bertz CT molecular complexity index is 320. The van der Waals surface area contributed by atoms with Crippen molar-refractivity contribution in [3.8, 4) is 0 Å². The summed E-state index contributed by atoms with van der Waals surface area (Å²) in [5, 5.41) is 4.27. The molecule has 1 aliphatic heterocycles. The molecule has 5 nitrogen and oxygen atoms in total. The van der Waals surface area contributed by atoms with Crippen LogP contribution in [0.15, 0.2) is 12.4 Å². The summed E-state index contributed by atoms with van der Waals surface area (Å²) in [6, 6.07) is 0.187. The maximum atomic E-state index is 5.61. The number of aromatic nitrogens is 2. The Balaban J connectivity index is 1.97. The molecule has 0 spiro atoms. The Morgan fingerprint density at radius 3 is 3.19 bits per heavy atom. The fourth-order valence-corrected chi connectivity index (χ4v) is 2.14. The molecule has 0 radical (unpaired) electrons. The first-order chi connectivity index (χ1) is 7.83. The van der Waals surface area contributed by atoms with Gasteiger partial charge in [-0.1, -0.05) is 0 Å². The van der Waals surface area contributed by atoms with Crippen molar-refractivity contribution in [3.05, 3.63) is 18.0 Å².